The van der Waals surface area contributed by atoms with Crippen molar-refractivity contribution in [2.24, 2.45) is 0 Å². The molecule has 5 rings (SSSR count). The Kier molecular flexibility index (Phi) is 4.95. The molecule has 0 aromatic heterocycles. The van der Waals surface area contributed by atoms with Gasteiger partial charge in [-0.15, -0.1) is 11.8 Å². The Labute approximate surface area is 175 Å². The number of halogens is 1. The molecular formula is C27H21FS. The summed E-state index contributed by atoms with van der Waals surface area (Å²) >= 11 is 1.85. The van der Waals surface area contributed by atoms with Crippen molar-refractivity contribution < 1.29 is 4.39 Å². The molecule has 142 valence electrons. The van der Waals surface area contributed by atoms with Gasteiger partial charge in [-0.1, -0.05) is 91.0 Å². The highest BCUT2D eigenvalue weighted by Gasteiger charge is 2.40. The molecule has 0 saturated carbocycles. The molecule has 0 bridgehead atoms. The average molecular weight is 397 g/mol. The quantitative estimate of drug-likeness (QED) is 0.344. The lowest BCUT2D eigenvalue weighted by molar-refractivity contribution is 0.560. The first kappa shape index (κ1) is 18.2. The molecule has 0 fully saturated rings. The Bertz CT molecular complexity index is 1090. The molecule has 3 unspecified atom stereocenters. The molecule has 4 aromatic carbocycles. The Morgan fingerprint density at radius 2 is 1.14 bits per heavy atom. The van der Waals surface area contributed by atoms with E-state index in [4.69, 9.17) is 0 Å². The van der Waals surface area contributed by atoms with E-state index >= 15 is 0 Å². The van der Waals surface area contributed by atoms with Crippen molar-refractivity contribution in [3.8, 4) is 0 Å². The van der Waals surface area contributed by atoms with Crippen molar-refractivity contribution in [1.29, 1.82) is 0 Å². The molecule has 1 aliphatic rings. The van der Waals surface area contributed by atoms with Crippen LogP contribution in [0.5, 0.6) is 0 Å². The number of benzene rings is 4. The van der Waals surface area contributed by atoms with E-state index < -0.39 is 0 Å². The lowest BCUT2D eigenvalue weighted by Gasteiger charge is -2.40. The van der Waals surface area contributed by atoms with Gasteiger partial charge in [0.15, 0.2) is 0 Å². The van der Waals surface area contributed by atoms with Crippen molar-refractivity contribution in [3.05, 3.63) is 137 Å². The summed E-state index contributed by atoms with van der Waals surface area (Å²) in [5.74, 6) is 0.131. The number of rotatable bonds is 3. The third-order valence-electron chi connectivity index (χ3n) is 5.72. The van der Waals surface area contributed by atoms with E-state index in [2.05, 4.69) is 84.9 Å². The van der Waals surface area contributed by atoms with Crippen molar-refractivity contribution in [2.75, 3.05) is 0 Å². The molecule has 1 aliphatic heterocycles. The van der Waals surface area contributed by atoms with E-state index in [-0.39, 0.29) is 22.9 Å². The van der Waals surface area contributed by atoms with Gasteiger partial charge in [0.25, 0.3) is 0 Å². The van der Waals surface area contributed by atoms with Crippen LogP contribution in [0.2, 0.25) is 0 Å². The van der Waals surface area contributed by atoms with Crippen molar-refractivity contribution in [2.45, 2.75) is 22.0 Å². The van der Waals surface area contributed by atoms with Crippen molar-refractivity contribution in [3.63, 3.8) is 0 Å². The summed E-state index contributed by atoms with van der Waals surface area (Å²) in [7, 11) is 0. The molecule has 0 radical (unpaired) electrons. The van der Waals surface area contributed by atoms with Crippen LogP contribution < -0.4 is 0 Å². The predicted octanol–water partition coefficient (Wildman–Crippen LogP) is 7.59. The van der Waals surface area contributed by atoms with Gasteiger partial charge >= 0.3 is 0 Å². The minimum absolute atomic E-state index is 0.0933. The molecule has 0 amide bonds. The minimum atomic E-state index is -0.171. The van der Waals surface area contributed by atoms with Gasteiger partial charge in [0.05, 0.1) is 0 Å². The van der Waals surface area contributed by atoms with Gasteiger partial charge < -0.3 is 0 Å². The fourth-order valence-corrected chi connectivity index (χ4v) is 5.95. The summed E-state index contributed by atoms with van der Waals surface area (Å²) in [5, 5.41) is 0.252. The Balaban J connectivity index is 1.76. The van der Waals surface area contributed by atoms with Crippen molar-refractivity contribution in [1.82, 2.24) is 0 Å². The van der Waals surface area contributed by atoms with Crippen LogP contribution in [0.1, 0.15) is 39.3 Å². The van der Waals surface area contributed by atoms with E-state index in [9.17, 15) is 4.39 Å². The molecule has 29 heavy (non-hydrogen) atoms. The maximum Gasteiger partial charge on any atom is 0.123 e. The van der Waals surface area contributed by atoms with Gasteiger partial charge in [0, 0.05) is 22.0 Å². The van der Waals surface area contributed by atoms with Crippen molar-refractivity contribution >= 4 is 11.8 Å². The Morgan fingerprint density at radius 1 is 0.586 bits per heavy atom. The third kappa shape index (κ3) is 3.49. The molecule has 0 nitrogen and oxygen atoms in total. The monoisotopic (exact) mass is 396 g/mol. The van der Waals surface area contributed by atoms with Gasteiger partial charge in [-0.25, -0.2) is 4.39 Å². The van der Waals surface area contributed by atoms with Crippen LogP contribution in [-0.2, 0) is 0 Å². The number of hydrogen-bond acceptors (Lipinski definition) is 1. The first-order valence-electron chi connectivity index (χ1n) is 9.92. The maximum absolute atomic E-state index is 14.3. The Hall–Kier alpha value is -2.84. The summed E-state index contributed by atoms with van der Waals surface area (Å²) in [6.07, 6.45) is 0. The van der Waals surface area contributed by atoms with Crippen LogP contribution in [0, 0.1) is 5.82 Å². The van der Waals surface area contributed by atoms with Gasteiger partial charge in [-0.2, -0.15) is 0 Å². The topological polar surface area (TPSA) is 0 Å². The summed E-state index contributed by atoms with van der Waals surface area (Å²) in [6, 6.07) is 37.2. The van der Waals surface area contributed by atoms with E-state index in [0.717, 1.165) is 5.56 Å². The zero-order valence-electron chi connectivity index (χ0n) is 15.9. The maximum atomic E-state index is 14.3. The van der Waals surface area contributed by atoms with Crippen LogP contribution in [0.3, 0.4) is 0 Å². The van der Waals surface area contributed by atoms with Gasteiger partial charge in [0.1, 0.15) is 5.82 Å². The Morgan fingerprint density at radius 3 is 1.76 bits per heavy atom. The summed E-state index contributed by atoms with van der Waals surface area (Å²) in [4.78, 5) is 1.17. The smallest absolute Gasteiger partial charge is 0.123 e. The predicted molar refractivity (Wildman–Crippen MR) is 119 cm³/mol. The zero-order chi connectivity index (χ0) is 19.6. The van der Waals surface area contributed by atoms with Crippen LogP contribution >= 0.6 is 11.8 Å². The molecule has 2 heteroatoms. The molecule has 0 N–H and O–H groups in total. The molecule has 1 heterocycles. The summed E-state index contributed by atoms with van der Waals surface area (Å²) in [5.41, 5.74) is 4.91. The normalized spacial score (nSPS) is 20.8. The average Bonchev–Trinajstić information content (AvgIpc) is 2.79. The van der Waals surface area contributed by atoms with Crippen LogP contribution in [0.15, 0.2) is 114 Å². The lowest BCUT2D eigenvalue weighted by Crippen LogP contribution is -2.23. The highest BCUT2D eigenvalue weighted by atomic mass is 32.2. The van der Waals surface area contributed by atoms with Gasteiger partial charge in [0.2, 0.25) is 0 Å². The number of thioether (sulfide) groups is 1. The molecule has 4 aromatic rings. The standard InChI is InChI=1S/C27H21FS/c28-22-16-17-24-23(18-22)25(19-10-4-1-5-11-19)26(20-12-6-2-7-13-20)27(29-24)21-14-8-3-9-15-21/h1-18,25-27H. The van der Waals surface area contributed by atoms with Gasteiger partial charge in [-0.3, -0.25) is 0 Å². The second kappa shape index (κ2) is 7.88. The fraction of sp³-hybridized carbons (Fsp3) is 0.111. The zero-order valence-corrected chi connectivity index (χ0v) is 16.7. The second-order valence-electron chi connectivity index (χ2n) is 7.46. The first-order chi connectivity index (χ1) is 14.3. The molecule has 0 aliphatic carbocycles. The lowest BCUT2D eigenvalue weighted by atomic mass is 9.73. The number of hydrogen-bond donors (Lipinski definition) is 0. The molecule has 3 atom stereocenters. The SMILES string of the molecule is Fc1ccc2c(c1)C(c1ccccc1)C(c1ccccc1)C(c1ccccc1)S2. The fourth-order valence-electron chi connectivity index (χ4n) is 4.46. The molecule has 0 spiro atoms. The highest BCUT2D eigenvalue weighted by molar-refractivity contribution is 7.99. The van der Waals surface area contributed by atoms with E-state index in [1.54, 1.807) is 12.1 Å². The summed E-state index contributed by atoms with van der Waals surface area (Å²) < 4.78 is 14.3. The first-order valence-corrected chi connectivity index (χ1v) is 10.8. The highest BCUT2D eigenvalue weighted by Crippen LogP contribution is 2.59. The van der Waals surface area contributed by atoms with Crippen LogP contribution in [-0.4, -0.2) is 0 Å². The second-order valence-corrected chi connectivity index (χ2v) is 8.64. The summed E-state index contributed by atoms with van der Waals surface area (Å²) in [6.45, 7) is 0. The van der Waals surface area contributed by atoms with Gasteiger partial charge in [-0.05, 0) is 40.5 Å². The van der Waals surface area contributed by atoms with Crippen LogP contribution in [0.4, 0.5) is 4.39 Å². The third-order valence-corrected chi connectivity index (χ3v) is 7.16. The largest absolute Gasteiger partial charge is 0.207 e. The minimum Gasteiger partial charge on any atom is -0.207 e. The van der Waals surface area contributed by atoms with Crippen LogP contribution in [0.25, 0.3) is 0 Å². The molecular weight excluding hydrogens is 375 g/mol. The number of fused-ring (bicyclic) bond motifs is 1. The molecule has 0 saturated heterocycles. The van der Waals surface area contributed by atoms with E-state index in [0.29, 0.717) is 0 Å². The van der Waals surface area contributed by atoms with E-state index in [1.807, 2.05) is 23.9 Å². The van der Waals surface area contributed by atoms with E-state index in [1.165, 1.54) is 21.6 Å².